The molecule has 0 bridgehead atoms. The maximum Gasteiger partial charge on any atom is 0.229 e. The highest BCUT2D eigenvalue weighted by atomic mass is 32.2. The van der Waals surface area contributed by atoms with Gasteiger partial charge in [0.2, 0.25) is 10.0 Å². The van der Waals surface area contributed by atoms with Crippen LogP contribution in [0.3, 0.4) is 0 Å². The zero-order valence-electron chi connectivity index (χ0n) is 8.66. The van der Waals surface area contributed by atoms with Crippen LogP contribution in [0.15, 0.2) is 42.7 Å². The van der Waals surface area contributed by atoms with Gasteiger partial charge < -0.3 is 0 Å². The van der Waals surface area contributed by atoms with Crippen molar-refractivity contribution in [1.82, 2.24) is 9.78 Å². The van der Waals surface area contributed by atoms with Crippen molar-refractivity contribution in [3.05, 3.63) is 42.7 Å². The number of para-hydroxylation sites is 1. The number of anilines is 1. The van der Waals surface area contributed by atoms with E-state index in [9.17, 15) is 8.42 Å². The van der Waals surface area contributed by atoms with E-state index in [0.29, 0.717) is 5.69 Å². The molecule has 2 aromatic rings. The van der Waals surface area contributed by atoms with Gasteiger partial charge in [-0.2, -0.15) is 5.10 Å². The molecule has 0 aliphatic rings. The first-order valence-corrected chi connectivity index (χ1v) is 6.52. The second kappa shape index (κ2) is 3.97. The first-order chi connectivity index (χ1) is 7.54. The van der Waals surface area contributed by atoms with Crippen LogP contribution in [0.4, 0.5) is 5.69 Å². The second-order valence-corrected chi connectivity index (χ2v) is 5.13. The average Bonchev–Trinajstić information content (AvgIpc) is 2.65. The van der Waals surface area contributed by atoms with Gasteiger partial charge in [0, 0.05) is 0 Å². The maximum atomic E-state index is 11.0. The summed E-state index contributed by atoms with van der Waals surface area (Å²) in [6.07, 6.45) is 4.19. The molecule has 0 fully saturated rings. The van der Waals surface area contributed by atoms with Crippen molar-refractivity contribution in [3.63, 3.8) is 0 Å². The smallest absolute Gasteiger partial charge is 0.229 e. The average molecular weight is 237 g/mol. The molecule has 0 aliphatic heterocycles. The zero-order chi connectivity index (χ0) is 11.6. The van der Waals surface area contributed by atoms with E-state index in [1.807, 2.05) is 30.3 Å². The lowest BCUT2D eigenvalue weighted by atomic mass is 10.3. The van der Waals surface area contributed by atoms with Crippen molar-refractivity contribution in [2.75, 3.05) is 11.0 Å². The number of nitrogens with zero attached hydrogens (tertiary/aromatic N) is 2. The predicted molar refractivity (Wildman–Crippen MR) is 62.0 cm³/mol. The lowest BCUT2D eigenvalue weighted by molar-refractivity contribution is 0.607. The SMILES string of the molecule is CS(=O)(=O)Nc1cnn(-c2ccccc2)c1. The van der Waals surface area contributed by atoms with Gasteiger partial charge in [0.1, 0.15) is 0 Å². The Balaban J connectivity index is 2.27. The van der Waals surface area contributed by atoms with Gasteiger partial charge in [0.25, 0.3) is 0 Å². The molecule has 5 nitrogen and oxygen atoms in total. The fourth-order valence-corrected chi connectivity index (χ4v) is 1.85. The lowest BCUT2D eigenvalue weighted by Gasteiger charge is -2.00. The van der Waals surface area contributed by atoms with Gasteiger partial charge in [-0.1, -0.05) is 18.2 Å². The first-order valence-electron chi connectivity index (χ1n) is 4.62. The number of benzene rings is 1. The largest absolute Gasteiger partial charge is 0.281 e. The first kappa shape index (κ1) is 10.7. The summed E-state index contributed by atoms with van der Waals surface area (Å²) in [4.78, 5) is 0. The number of hydrogen-bond donors (Lipinski definition) is 1. The summed E-state index contributed by atoms with van der Waals surface area (Å²) < 4.78 is 26.0. The molecule has 0 radical (unpaired) electrons. The van der Waals surface area contributed by atoms with Crippen LogP contribution >= 0.6 is 0 Å². The summed E-state index contributed by atoms with van der Waals surface area (Å²) in [6, 6.07) is 9.46. The van der Waals surface area contributed by atoms with E-state index in [-0.39, 0.29) is 0 Å². The van der Waals surface area contributed by atoms with Crippen LogP contribution in [0, 0.1) is 0 Å². The Labute approximate surface area is 93.8 Å². The highest BCUT2D eigenvalue weighted by molar-refractivity contribution is 7.92. The summed E-state index contributed by atoms with van der Waals surface area (Å²) in [5.74, 6) is 0. The van der Waals surface area contributed by atoms with Crippen molar-refractivity contribution < 1.29 is 8.42 Å². The third-order valence-electron chi connectivity index (χ3n) is 1.91. The van der Waals surface area contributed by atoms with E-state index in [4.69, 9.17) is 0 Å². The maximum absolute atomic E-state index is 11.0. The van der Waals surface area contributed by atoms with E-state index in [1.165, 1.54) is 6.20 Å². The molecule has 0 saturated heterocycles. The van der Waals surface area contributed by atoms with Gasteiger partial charge in [-0.3, -0.25) is 4.72 Å². The lowest BCUT2D eigenvalue weighted by Crippen LogP contribution is -2.08. The van der Waals surface area contributed by atoms with Gasteiger partial charge in [0.15, 0.2) is 0 Å². The molecule has 1 aromatic carbocycles. The molecule has 0 aliphatic carbocycles. The predicted octanol–water partition coefficient (Wildman–Crippen LogP) is 1.24. The van der Waals surface area contributed by atoms with E-state index in [0.717, 1.165) is 11.9 Å². The fraction of sp³-hybridized carbons (Fsp3) is 0.100. The van der Waals surface area contributed by atoms with Crippen LogP contribution in [0.5, 0.6) is 0 Å². The van der Waals surface area contributed by atoms with Crippen molar-refractivity contribution in [1.29, 1.82) is 0 Å². The molecule has 0 spiro atoms. The van der Waals surface area contributed by atoms with Crippen LogP contribution in [-0.4, -0.2) is 24.5 Å². The molecule has 16 heavy (non-hydrogen) atoms. The topological polar surface area (TPSA) is 64.0 Å². The highest BCUT2D eigenvalue weighted by Gasteiger charge is 2.04. The molecule has 84 valence electrons. The third-order valence-corrected chi connectivity index (χ3v) is 2.51. The highest BCUT2D eigenvalue weighted by Crippen LogP contribution is 2.11. The summed E-state index contributed by atoms with van der Waals surface area (Å²) in [5, 5.41) is 4.06. The summed E-state index contributed by atoms with van der Waals surface area (Å²) in [7, 11) is -3.25. The van der Waals surface area contributed by atoms with Crippen LogP contribution in [0.2, 0.25) is 0 Å². The Morgan fingerprint density at radius 3 is 2.56 bits per heavy atom. The number of aromatic nitrogens is 2. The van der Waals surface area contributed by atoms with Gasteiger partial charge in [-0.25, -0.2) is 13.1 Å². The number of sulfonamides is 1. The normalized spacial score (nSPS) is 11.3. The van der Waals surface area contributed by atoms with Crippen LogP contribution in [-0.2, 0) is 10.0 Å². The molecule has 0 unspecified atom stereocenters. The molecule has 1 heterocycles. The molecule has 2 rings (SSSR count). The minimum absolute atomic E-state index is 0.450. The monoisotopic (exact) mass is 237 g/mol. The van der Waals surface area contributed by atoms with Crippen molar-refractivity contribution >= 4 is 15.7 Å². The van der Waals surface area contributed by atoms with E-state index >= 15 is 0 Å². The minimum atomic E-state index is -3.25. The van der Waals surface area contributed by atoms with Crippen LogP contribution < -0.4 is 4.72 Å². The fourth-order valence-electron chi connectivity index (χ4n) is 1.31. The summed E-state index contributed by atoms with van der Waals surface area (Å²) in [5.41, 5.74) is 1.33. The Hall–Kier alpha value is -1.82. The van der Waals surface area contributed by atoms with Crippen molar-refractivity contribution in [3.8, 4) is 5.69 Å². The van der Waals surface area contributed by atoms with Crippen LogP contribution in [0.25, 0.3) is 5.69 Å². The van der Waals surface area contributed by atoms with Crippen LogP contribution in [0.1, 0.15) is 0 Å². The molecule has 0 atom stereocenters. The van der Waals surface area contributed by atoms with Gasteiger partial charge >= 0.3 is 0 Å². The van der Waals surface area contributed by atoms with E-state index in [2.05, 4.69) is 9.82 Å². The van der Waals surface area contributed by atoms with Gasteiger partial charge in [-0.15, -0.1) is 0 Å². The number of hydrogen-bond acceptors (Lipinski definition) is 3. The Kier molecular flexibility index (Phi) is 2.66. The molecular weight excluding hydrogens is 226 g/mol. The molecule has 1 N–H and O–H groups in total. The van der Waals surface area contributed by atoms with E-state index in [1.54, 1.807) is 10.9 Å². The summed E-state index contributed by atoms with van der Waals surface area (Å²) in [6.45, 7) is 0. The van der Waals surface area contributed by atoms with Gasteiger partial charge in [-0.05, 0) is 12.1 Å². The summed E-state index contributed by atoms with van der Waals surface area (Å²) >= 11 is 0. The molecule has 0 saturated carbocycles. The molecular formula is C10H11N3O2S. The van der Waals surface area contributed by atoms with Gasteiger partial charge in [0.05, 0.1) is 30.0 Å². The second-order valence-electron chi connectivity index (χ2n) is 3.38. The Bertz CT molecular complexity index is 575. The third kappa shape index (κ3) is 2.60. The Morgan fingerprint density at radius 2 is 1.94 bits per heavy atom. The van der Waals surface area contributed by atoms with E-state index < -0.39 is 10.0 Å². The minimum Gasteiger partial charge on any atom is -0.281 e. The number of rotatable bonds is 3. The Morgan fingerprint density at radius 1 is 1.25 bits per heavy atom. The molecule has 6 heteroatoms. The molecule has 0 amide bonds. The zero-order valence-corrected chi connectivity index (χ0v) is 9.48. The van der Waals surface area contributed by atoms with Crippen molar-refractivity contribution in [2.45, 2.75) is 0 Å². The number of nitrogens with one attached hydrogen (secondary N) is 1. The van der Waals surface area contributed by atoms with Crippen molar-refractivity contribution in [2.24, 2.45) is 0 Å². The quantitative estimate of drug-likeness (QED) is 0.873. The molecule has 1 aromatic heterocycles. The standard InChI is InChI=1S/C10H11N3O2S/c1-16(14,15)12-9-7-11-13(8-9)10-5-3-2-4-6-10/h2-8,12H,1H3.